The molecule has 0 spiro atoms. The van der Waals surface area contributed by atoms with Crippen molar-refractivity contribution in [3.05, 3.63) is 167 Å². The standard InChI is InChI=1S/C46H33N3O/c1-29-13-17-33(18-14-29)45-39-25-23-37(48-39)43(31-9-5-3-6-10-31)35-21-22-36(47-35)44(32-11-7-4-8-12-32)38-24-26-40(49-38)46(42-28-27-41(45)50-42)34-19-15-30(2)16-20-34/h3-28,47H,1-2H3. The van der Waals surface area contributed by atoms with Gasteiger partial charge in [0.25, 0.3) is 0 Å². The maximum Gasteiger partial charge on any atom is 0.137 e. The zero-order chi connectivity index (χ0) is 33.6. The monoisotopic (exact) mass is 643 g/mol. The lowest BCUT2D eigenvalue weighted by Gasteiger charge is -2.07. The fourth-order valence-corrected chi connectivity index (χ4v) is 6.94. The van der Waals surface area contributed by atoms with Crippen LogP contribution in [0.15, 0.2) is 138 Å². The Kier molecular flexibility index (Phi) is 7.21. The topological polar surface area (TPSA) is 54.7 Å². The lowest BCUT2D eigenvalue weighted by Crippen LogP contribution is -1.89. The van der Waals surface area contributed by atoms with E-state index < -0.39 is 0 Å². The van der Waals surface area contributed by atoms with Gasteiger partial charge >= 0.3 is 0 Å². The average molecular weight is 644 g/mol. The van der Waals surface area contributed by atoms with Crippen molar-refractivity contribution in [3.8, 4) is 44.5 Å². The number of fused-ring (bicyclic) bond motifs is 8. The first-order valence-electron chi connectivity index (χ1n) is 16.9. The maximum atomic E-state index is 6.89. The van der Waals surface area contributed by atoms with E-state index in [1.54, 1.807) is 0 Å². The van der Waals surface area contributed by atoms with Crippen LogP contribution in [0.2, 0.25) is 0 Å². The third-order valence-corrected chi connectivity index (χ3v) is 9.43. The molecule has 0 amide bonds. The summed E-state index contributed by atoms with van der Waals surface area (Å²) in [6.07, 6.45) is 8.44. The van der Waals surface area contributed by atoms with E-state index in [4.69, 9.17) is 14.4 Å². The van der Waals surface area contributed by atoms with Gasteiger partial charge in [0.2, 0.25) is 0 Å². The van der Waals surface area contributed by atoms with Crippen LogP contribution in [0.25, 0.3) is 91.0 Å². The largest absolute Gasteiger partial charge is 0.456 e. The molecule has 0 unspecified atom stereocenters. The van der Waals surface area contributed by atoms with Gasteiger partial charge in [-0.25, -0.2) is 9.97 Å². The molecule has 238 valence electrons. The van der Waals surface area contributed by atoms with Crippen molar-refractivity contribution in [1.29, 1.82) is 0 Å². The van der Waals surface area contributed by atoms with Gasteiger partial charge in [0.1, 0.15) is 11.2 Å². The van der Waals surface area contributed by atoms with Crippen molar-refractivity contribution in [2.45, 2.75) is 13.8 Å². The number of H-pyrrole nitrogens is 1. The minimum absolute atomic E-state index is 0.747. The Morgan fingerprint density at radius 1 is 0.380 bits per heavy atom. The van der Waals surface area contributed by atoms with Crippen molar-refractivity contribution in [1.82, 2.24) is 15.0 Å². The number of aryl methyl sites for hydroxylation is 2. The van der Waals surface area contributed by atoms with Gasteiger partial charge in [0.15, 0.2) is 0 Å². The Morgan fingerprint density at radius 2 is 0.740 bits per heavy atom. The Hall–Kier alpha value is -6.52. The highest BCUT2D eigenvalue weighted by Gasteiger charge is 2.19. The highest BCUT2D eigenvalue weighted by Crippen LogP contribution is 2.39. The molecular weight excluding hydrogens is 611 g/mol. The van der Waals surface area contributed by atoms with E-state index in [-0.39, 0.29) is 0 Å². The van der Waals surface area contributed by atoms with Gasteiger partial charge in [-0.2, -0.15) is 0 Å². The van der Waals surface area contributed by atoms with E-state index in [2.05, 4.69) is 164 Å². The second-order valence-electron chi connectivity index (χ2n) is 12.8. The highest BCUT2D eigenvalue weighted by molar-refractivity contribution is 5.99. The number of nitrogens with zero attached hydrogens (tertiary/aromatic N) is 2. The van der Waals surface area contributed by atoms with Crippen molar-refractivity contribution in [2.75, 3.05) is 0 Å². The molecule has 5 heterocycles. The van der Waals surface area contributed by atoms with Crippen LogP contribution in [0.4, 0.5) is 0 Å². The minimum atomic E-state index is 0.747. The van der Waals surface area contributed by atoms with E-state index >= 15 is 0 Å². The van der Waals surface area contributed by atoms with Gasteiger partial charge in [0, 0.05) is 22.2 Å². The van der Waals surface area contributed by atoms with E-state index in [9.17, 15) is 0 Å². The summed E-state index contributed by atoms with van der Waals surface area (Å²) < 4.78 is 6.89. The predicted molar refractivity (Wildman–Crippen MR) is 208 cm³/mol. The summed E-state index contributed by atoms with van der Waals surface area (Å²) in [5.74, 6) is 0. The summed E-state index contributed by atoms with van der Waals surface area (Å²) in [5, 5.41) is 0. The van der Waals surface area contributed by atoms with Gasteiger partial charge in [-0.1, -0.05) is 120 Å². The summed E-state index contributed by atoms with van der Waals surface area (Å²) in [7, 11) is 0. The van der Waals surface area contributed by atoms with E-state index in [0.717, 1.165) is 89.5 Å². The van der Waals surface area contributed by atoms with Gasteiger partial charge in [-0.05, 0) is 84.7 Å². The summed E-state index contributed by atoms with van der Waals surface area (Å²) in [6, 6.07) is 46.5. The molecule has 50 heavy (non-hydrogen) atoms. The van der Waals surface area contributed by atoms with Crippen LogP contribution in [-0.2, 0) is 0 Å². The van der Waals surface area contributed by atoms with Crippen LogP contribution < -0.4 is 0 Å². The first-order valence-corrected chi connectivity index (χ1v) is 16.9. The molecule has 9 rings (SSSR count). The lowest BCUT2D eigenvalue weighted by molar-refractivity contribution is 0.667. The molecule has 0 atom stereocenters. The molecule has 4 nitrogen and oxygen atoms in total. The highest BCUT2D eigenvalue weighted by atomic mass is 16.3. The Bertz CT molecular complexity index is 2440. The number of aromatic amines is 1. The van der Waals surface area contributed by atoms with E-state index in [0.29, 0.717) is 0 Å². The molecule has 0 aliphatic carbocycles. The van der Waals surface area contributed by atoms with Gasteiger partial charge < -0.3 is 9.40 Å². The van der Waals surface area contributed by atoms with Crippen molar-refractivity contribution >= 4 is 46.5 Å². The predicted octanol–water partition coefficient (Wildman–Crippen LogP) is 12.2. The maximum absolute atomic E-state index is 6.89. The third-order valence-electron chi connectivity index (χ3n) is 9.43. The normalized spacial score (nSPS) is 12.0. The molecule has 4 heteroatoms. The van der Waals surface area contributed by atoms with Crippen molar-refractivity contribution < 1.29 is 4.42 Å². The third kappa shape index (κ3) is 5.28. The second kappa shape index (κ2) is 12.2. The van der Waals surface area contributed by atoms with E-state index in [1.807, 2.05) is 12.1 Å². The Balaban J connectivity index is 1.48. The average Bonchev–Trinajstić information content (AvgIpc) is 3.98. The van der Waals surface area contributed by atoms with Gasteiger partial charge in [-0.15, -0.1) is 0 Å². The molecule has 7 aromatic rings. The number of nitrogens with one attached hydrogen (secondary N) is 1. The van der Waals surface area contributed by atoms with Crippen molar-refractivity contribution in [3.63, 3.8) is 0 Å². The second-order valence-corrected chi connectivity index (χ2v) is 12.8. The summed E-state index contributed by atoms with van der Waals surface area (Å²) in [5.41, 5.74) is 17.5. The molecule has 3 aromatic heterocycles. The Labute approximate surface area is 290 Å². The smallest absolute Gasteiger partial charge is 0.137 e. The number of aromatic nitrogens is 3. The number of hydrogen-bond acceptors (Lipinski definition) is 3. The Morgan fingerprint density at radius 3 is 1.14 bits per heavy atom. The summed E-state index contributed by atoms with van der Waals surface area (Å²) in [4.78, 5) is 14.5. The molecule has 0 fully saturated rings. The van der Waals surface area contributed by atoms with Crippen LogP contribution in [0.5, 0.6) is 0 Å². The van der Waals surface area contributed by atoms with Crippen LogP contribution in [0, 0.1) is 13.8 Å². The minimum Gasteiger partial charge on any atom is -0.456 e. The molecule has 2 aliphatic heterocycles. The molecule has 0 saturated carbocycles. The zero-order valence-electron chi connectivity index (χ0n) is 27.8. The fraction of sp³-hybridized carbons (Fsp3) is 0.0435. The number of rotatable bonds is 4. The molecular formula is C46H33N3O. The number of benzene rings is 4. The molecule has 0 radical (unpaired) electrons. The molecule has 0 saturated heterocycles. The van der Waals surface area contributed by atoms with E-state index in [1.165, 1.54) is 11.1 Å². The van der Waals surface area contributed by atoms with Gasteiger partial charge in [-0.3, -0.25) is 0 Å². The molecule has 2 aliphatic rings. The zero-order valence-corrected chi connectivity index (χ0v) is 27.8. The summed E-state index contributed by atoms with van der Waals surface area (Å²) >= 11 is 0. The SMILES string of the molecule is Cc1ccc(-c2c3nc(c(-c4ccccc4)c4ccc([nH]4)c(-c4ccccc4)c4nc(c(-c5ccc(C)cc5)c5ccc2o5)C=C4)C=C3)cc1. The first-order chi connectivity index (χ1) is 24.6. The van der Waals surface area contributed by atoms with Crippen LogP contribution >= 0.6 is 0 Å². The van der Waals surface area contributed by atoms with Crippen LogP contribution in [-0.4, -0.2) is 15.0 Å². The van der Waals surface area contributed by atoms with Crippen molar-refractivity contribution in [2.24, 2.45) is 0 Å². The molecule has 8 bridgehead atoms. The molecule has 4 aromatic carbocycles. The van der Waals surface area contributed by atoms with Crippen LogP contribution in [0.3, 0.4) is 0 Å². The number of furan rings is 1. The molecule has 1 N–H and O–H groups in total. The lowest BCUT2D eigenvalue weighted by atomic mass is 10.0. The van der Waals surface area contributed by atoms with Gasteiger partial charge in [0.05, 0.1) is 33.9 Å². The number of hydrogen-bond donors (Lipinski definition) is 1. The summed E-state index contributed by atoms with van der Waals surface area (Å²) in [6.45, 7) is 4.21. The first kappa shape index (κ1) is 29.6. The fourth-order valence-electron chi connectivity index (χ4n) is 6.94. The van der Waals surface area contributed by atoms with Crippen LogP contribution in [0.1, 0.15) is 33.9 Å². The quantitative estimate of drug-likeness (QED) is 0.208.